The maximum atomic E-state index is 11.4. The maximum absolute atomic E-state index is 11.4. The topological polar surface area (TPSA) is 49.3 Å². The molecule has 1 amide bonds. The van der Waals surface area contributed by atoms with E-state index >= 15 is 0 Å². The first-order valence-corrected chi connectivity index (χ1v) is 5.07. The second-order valence-corrected chi connectivity index (χ2v) is 3.81. The second-order valence-electron chi connectivity index (χ2n) is 3.81. The third-order valence-electron chi connectivity index (χ3n) is 2.17. The molecule has 0 radical (unpaired) electrons. The van der Waals surface area contributed by atoms with Crippen LogP contribution in [0.3, 0.4) is 0 Å². The highest BCUT2D eigenvalue weighted by molar-refractivity contribution is 5.78. The molecule has 1 unspecified atom stereocenters. The van der Waals surface area contributed by atoms with E-state index in [4.69, 9.17) is 5.11 Å². The zero-order chi connectivity index (χ0) is 11.3. The van der Waals surface area contributed by atoms with Gasteiger partial charge in [0, 0.05) is 6.04 Å². The molecule has 15 heavy (non-hydrogen) atoms. The van der Waals surface area contributed by atoms with Gasteiger partial charge in [0.1, 0.15) is 0 Å². The van der Waals surface area contributed by atoms with Crippen LogP contribution in [0, 0.1) is 6.92 Å². The molecule has 2 N–H and O–H groups in total. The highest BCUT2D eigenvalue weighted by Gasteiger charge is 2.06. The lowest BCUT2D eigenvalue weighted by molar-refractivity contribution is -0.121. The maximum Gasteiger partial charge on any atom is 0.224 e. The van der Waals surface area contributed by atoms with Crippen molar-refractivity contribution in [2.45, 2.75) is 26.3 Å². The number of aryl methyl sites for hydroxylation is 1. The number of aliphatic hydroxyl groups is 1. The van der Waals surface area contributed by atoms with Gasteiger partial charge in [-0.3, -0.25) is 4.79 Å². The van der Waals surface area contributed by atoms with Crippen LogP contribution < -0.4 is 5.32 Å². The Bertz CT molecular complexity index is 319. The standard InChI is InChI=1S/C12H17NO2/c1-9-3-5-11(6-4-9)7-12(15)13-10(2)8-14/h3-6,10,14H,7-8H2,1-2H3,(H,13,15). The Morgan fingerprint density at radius 3 is 2.53 bits per heavy atom. The van der Waals surface area contributed by atoms with E-state index in [9.17, 15) is 4.79 Å². The number of carbonyl (C=O) groups is 1. The van der Waals surface area contributed by atoms with Crippen molar-refractivity contribution in [1.29, 1.82) is 0 Å². The molecular weight excluding hydrogens is 190 g/mol. The normalized spacial score (nSPS) is 12.2. The summed E-state index contributed by atoms with van der Waals surface area (Å²) in [5, 5.41) is 11.5. The number of amides is 1. The molecule has 0 aromatic heterocycles. The fourth-order valence-corrected chi connectivity index (χ4v) is 1.26. The molecule has 3 heteroatoms. The van der Waals surface area contributed by atoms with Crippen LogP contribution >= 0.6 is 0 Å². The molecule has 0 aliphatic heterocycles. The lowest BCUT2D eigenvalue weighted by Crippen LogP contribution is -2.35. The number of carbonyl (C=O) groups excluding carboxylic acids is 1. The number of hydrogen-bond acceptors (Lipinski definition) is 2. The molecule has 0 saturated heterocycles. The van der Waals surface area contributed by atoms with E-state index in [2.05, 4.69) is 5.32 Å². The number of rotatable bonds is 4. The van der Waals surface area contributed by atoms with Gasteiger partial charge in [0.25, 0.3) is 0 Å². The molecule has 0 aliphatic carbocycles. The van der Waals surface area contributed by atoms with Crippen molar-refractivity contribution in [3.05, 3.63) is 35.4 Å². The molecule has 1 aromatic rings. The van der Waals surface area contributed by atoms with Crippen molar-refractivity contribution in [2.75, 3.05) is 6.61 Å². The zero-order valence-electron chi connectivity index (χ0n) is 9.16. The minimum absolute atomic E-state index is 0.0281. The molecule has 0 heterocycles. The Labute approximate surface area is 90.1 Å². The number of nitrogens with one attached hydrogen (secondary N) is 1. The smallest absolute Gasteiger partial charge is 0.224 e. The Morgan fingerprint density at radius 1 is 1.40 bits per heavy atom. The van der Waals surface area contributed by atoms with Crippen molar-refractivity contribution in [3.63, 3.8) is 0 Å². The fraction of sp³-hybridized carbons (Fsp3) is 0.417. The van der Waals surface area contributed by atoms with Crippen LogP contribution in [0.5, 0.6) is 0 Å². The van der Waals surface area contributed by atoms with E-state index in [0.717, 1.165) is 5.56 Å². The lowest BCUT2D eigenvalue weighted by atomic mass is 10.1. The summed E-state index contributed by atoms with van der Waals surface area (Å²) in [7, 11) is 0. The molecule has 3 nitrogen and oxygen atoms in total. The molecule has 0 fully saturated rings. The largest absolute Gasteiger partial charge is 0.394 e. The summed E-state index contributed by atoms with van der Waals surface area (Å²) in [6, 6.07) is 7.68. The van der Waals surface area contributed by atoms with E-state index < -0.39 is 0 Å². The van der Waals surface area contributed by atoms with E-state index in [1.54, 1.807) is 6.92 Å². The molecule has 0 saturated carbocycles. The van der Waals surface area contributed by atoms with Gasteiger partial charge in [-0.15, -0.1) is 0 Å². The molecule has 0 aliphatic rings. The van der Waals surface area contributed by atoms with Crippen LogP contribution in [0.25, 0.3) is 0 Å². The van der Waals surface area contributed by atoms with Gasteiger partial charge in [-0.05, 0) is 19.4 Å². The second kappa shape index (κ2) is 5.51. The summed E-state index contributed by atoms with van der Waals surface area (Å²) in [5.41, 5.74) is 2.17. The van der Waals surface area contributed by atoms with Crippen molar-refractivity contribution in [3.8, 4) is 0 Å². The predicted molar refractivity (Wildman–Crippen MR) is 59.6 cm³/mol. The van der Waals surface area contributed by atoms with Gasteiger partial charge in [0.05, 0.1) is 13.0 Å². The Morgan fingerprint density at radius 2 is 2.00 bits per heavy atom. The summed E-state index contributed by atoms with van der Waals surface area (Å²) in [6.45, 7) is 3.75. The minimum Gasteiger partial charge on any atom is -0.394 e. The monoisotopic (exact) mass is 207 g/mol. The van der Waals surface area contributed by atoms with Crippen molar-refractivity contribution < 1.29 is 9.90 Å². The van der Waals surface area contributed by atoms with Crippen molar-refractivity contribution in [2.24, 2.45) is 0 Å². The molecule has 0 spiro atoms. The van der Waals surface area contributed by atoms with Gasteiger partial charge in [-0.2, -0.15) is 0 Å². The highest BCUT2D eigenvalue weighted by atomic mass is 16.3. The molecule has 1 aromatic carbocycles. The van der Waals surface area contributed by atoms with Crippen LogP contribution in [0.4, 0.5) is 0 Å². The van der Waals surface area contributed by atoms with Crippen molar-refractivity contribution >= 4 is 5.91 Å². The molecule has 82 valence electrons. The Kier molecular flexibility index (Phi) is 4.31. The SMILES string of the molecule is Cc1ccc(CC(=O)NC(C)CO)cc1. The molecule has 1 atom stereocenters. The summed E-state index contributed by atoms with van der Waals surface area (Å²) >= 11 is 0. The third-order valence-corrected chi connectivity index (χ3v) is 2.17. The first-order valence-electron chi connectivity index (χ1n) is 5.07. The summed E-state index contributed by atoms with van der Waals surface area (Å²) in [6.07, 6.45) is 0.366. The predicted octanol–water partition coefficient (Wildman–Crippen LogP) is 1.03. The van der Waals surface area contributed by atoms with Crippen LogP contribution in [-0.2, 0) is 11.2 Å². The summed E-state index contributed by atoms with van der Waals surface area (Å²) < 4.78 is 0. The molecular formula is C12H17NO2. The molecule has 1 rings (SSSR count). The third kappa shape index (κ3) is 4.13. The quantitative estimate of drug-likeness (QED) is 0.775. The van der Waals surface area contributed by atoms with Gasteiger partial charge < -0.3 is 10.4 Å². The zero-order valence-corrected chi connectivity index (χ0v) is 9.16. The fourth-order valence-electron chi connectivity index (χ4n) is 1.26. The first-order chi connectivity index (χ1) is 7.11. The van der Waals surface area contributed by atoms with Gasteiger partial charge in [-0.25, -0.2) is 0 Å². The van der Waals surface area contributed by atoms with Crippen LogP contribution in [0.2, 0.25) is 0 Å². The van der Waals surface area contributed by atoms with Crippen LogP contribution in [-0.4, -0.2) is 23.7 Å². The first kappa shape index (κ1) is 11.7. The van der Waals surface area contributed by atoms with E-state index in [1.807, 2.05) is 31.2 Å². The van der Waals surface area contributed by atoms with Crippen LogP contribution in [0.1, 0.15) is 18.1 Å². The summed E-state index contributed by atoms with van der Waals surface area (Å²) in [4.78, 5) is 11.4. The summed E-state index contributed by atoms with van der Waals surface area (Å²) in [5.74, 6) is -0.0552. The highest BCUT2D eigenvalue weighted by Crippen LogP contribution is 2.03. The van der Waals surface area contributed by atoms with Gasteiger partial charge >= 0.3 is 0 Å². The number of benzene rings is 1. The Balaban J connectivity index is 2.48. The number of hydrogen-bond donors (Lipinski definition) is 2. The van der Waals surface area contributed by atoms with Gasteiger partial charge in [-0.1, -0.05) is 29.8 Å². The van der Waals surface area contributed by atoms with Gasteiger partial charge in [0.15, 0.2) is 0 Å². The minimum atomic E-state index is -0.178. The van der Waals surface area contributed by atoms with E-state index in [-0.39, 0.29) is 18.6 Å². The van der Waals surface area contributed by atoms with E-state index in [1.165, 1.54) is 5.56 Å². The lowest BCUT2D eigenvalue weighted by Gasteiger charge is -2.10. The van der Waals surface area contributed by atoms with Gasteiger partial charge in [0.2, 0.25) is 5.91 Å². The Hall–Kier alpha value is -1.35. The molecule has 0 bridgehead atoms. The van der Waals surface area contributed by atoms with E-state index in [0.29, 0.717) is 6.42 Å². The average molecular weight is 207 g/mol. The number of aliphatic hydroxyl groups excluding tert-OH is 1. The van der Waals surface area contributed by atoms with Crippen LogP contribution in [0.15, 0.2) is 24.3 Å². The average Bonchev–Trinajstić information content (AvgIpc) is 2.21. The van der Waals surface area contributed by atoms with Crippen molar-refractivity contribution in [1.82, 2.24) is 5.32 Å².